The van der Waals surface area contributed by atoms with Gasteiger partial charge in [0, 0.05) is 10.6 Å². The molecule has 0 fully saturated rings. The van der Waals surface area contributed by atoms with Crippen LogP contribution in [-0.2, 0) is 5.60 Å². The van der Waals surface area contributed by atoms with Crippen molar-refractivity contribution in [3.05, 3.63) is 28.3 Å². The van der Waals surface area contributed by atoms with Crippen molar-refractivity contribution in [2.45, 2.75) is 26.4 Å². The van der Waals surface area contributed by atoms with Gasteiger partial charge < -0.3 is 10.2 Å². The topological polar surface area (TPSA) is 40.5 Å². The van der Waals surface area contributed by atoms with Gasteiger partial charge in [0.2, 0.25) is 0 Å². The number of phenolic OH excluding ortho intramolecular Hbond substituents is 1. The van der Waals surface area contributed by atoms with Crippen molar-refractivity contribution in [1.29, 1.82) is 0 Å². The molecule has 0 saturated carbocycles. The van der Waals surface area contributed by atoms with E-state index in [1.54, 1.807) is 32.9 Å². The summed E-state index contributed by atoms with van der Waals surface area (Å²) in [4.78, 5) is 0. The molecule has 0 amide bonds. The molecular weight excluding hydrogens is 188 g/mol. The van der Waals surface area contributed by atoms with Crippen LogP contribution in [0, 0.1) is 6.92 Å². The Bertz CT molecular complexity index is 326. The van der Waals surface area contributed by atoms with Crippen molar-refractivity contribution in [1.82, 2.24) is 0 Å². The van der Waals surface area contributed by atoms with Gasteiger partial charge in [-0.2, -0.15) is 0 Å². The normalized spacial score (nSPS) is 11.8. The molecule has 13 heavy (non-hydrogen) atoms. The van der Waals surface area contributed by atoms with Crippen LogP contribution in [0.15, 0.2) is 12.1 Å². The molecule has 1 rings (SSSR count). The van der Waals surface area contributed by atoms with E-state index in [2.05, 4.69) is 0 Å². The van der Waals surface area contributed by atoms with Gasteiger partial charge in [-0.25, -0.2) is 0 Å². The summed E-state index contributed by atoms with van der Waals surface area (Å²) in [6.45, 7) is 5.01. The van der Waals surface area contributed by atoms with Crippen LogP contribution < -0.4 is 0 Å². The van der Waals surface area contributed by atoms with Gasteiger partial charge in [-0.1, -0.05) is 11.6 Å². The molecule has 1 aromatic rings. The highest BCUT2D eigenvalue weighted by atomic mass is 35.5. The Balaban J connectivity index is 3.32. The van der Waals surface area contributed by atoms with Crippen LogP contribution in [0.25, 0.3) is 0 Å². The second-order valence-electron chi connectivity index (χ2n) is 3.68. The van der Waals surface area contributed by atoms with Crippen LogP contribution in [0.2, 0.25) is 5.02 Å². The van der Waals surface area contributed by atoms with E-state index in [9.17, 15) is 10.2 Å². The van der Waals surface area contributed by atoms with Gasteiger partial charge in [0.1, 0.15) is 5.75 Å². The zero-order chi connectivity index (χ0) is 10.2. The van der Waals surface area contributed by atoms with E-state index in [1.807, 2.05) is 0 Å². The van der Waals surface area contributed by atoms with Crippen LogP contribution in [0.1, 0.15) is 25.0 Å². The highest BCUT2D eigenvalue weighted by Crippen LogP contribution is 2.32. The van der Waals surface area contributed by atoms with Crippen LogP contribution >= 0.6 is 11.6 Å². The van der Waals surface area contributed by atoms with Crippen LogP contribution in [0.5, 0.6) is 5.75 Å². The van der Waals surface area contributed by atoms with E-state index in [4.69, 9.17) is 11.6 Å². The molecule has 0 atom stereocenters. The molecule has 0 aliphatic rings. The number of benzene rings is 1. The summed E-state index contributed by atoms with van der Waals surface area (Å²) in [5, 5.41) is 19.8. The predicted molar refractivity (Wildman–Crippen MR) is 53.1 cm³/mol. The zero-order valence-corrected chi connectivity index (χ0v) is 8.68. The Morgan fingerprint density at radius 2 is 1.85 bits per heavy atom. The second-order valence-corrected chi connectivity index (χ2v) is 4.08. The van der Waals surface area contributed by atoms with Crippen molar-refractivity contribution in [3.63, 3.8) is 0 Å². The highest BCUT2D eigenvalue weighted by Gasteiger charge is 2.21. The smallest absolute Gasteiger partial charge is 0.122 e. The third kappa shape index (κ3) is 2.14. The molecule has 2 nitrogen and oxygen atoms in total. The Labute approximate surface area is 82.8 Å². The Morgan fingerprint density at radius 1 is 1.31 bits per heavy atom. The van der Waals surface area contributed by atoms with Gasteiger partial charge in [-0.3, -0.25) is 0 Å². The SMILES string of the molecule is Cc1cc(O)c(C(C)(C)O)cc1Cl. The van der Waals surface area contributed by atoms with Gasteiger partial charge in [0.05, 0.1) is 5.60 Å². The number of rotatable bonds is 1. The maximum atomic E-state index is 9.67. The maximum absolute atomic E-state index is 9.67. The molecule has 0 aliphatic carbocycles. The highest BCUT2D eigenvalue weighted by molar-refractivity contribution is 6.31. The fourth-order valence-corrected chi connectivity index (χ4v) is 1.32. The number of halogens is 1. The number of aromatic hydroxyl groups is 1. The molecule has 72 valence electrons. The third-order valence-corrected chi connectivity index (χ3v) is 2.34. The van der Waals surface area contributed by atoms with E-state index in [-0.39, 0.29) is 5.75 Å². The Hall–Kier alpha value is -0.730. The number of aliphatic hydroxyl groups is 1. The molecule has 0 aromatic heterocycles. The van der Waals surface area contributed by atoms with Crippen molar-refractivity contribution in [2.24, 2.45) is 0 Å². The second kappa shape index (κ2) is 3.20. The van der Waals surface area contributed by atoms with E-state index < -0.39 is 5.60 Å². The van der Waals surface area contributed by atoms with Crippen LogP contribution in [-0.4, -0.2) is 10.2 Å². The first-order chi connectivity index (χ1) is 5.82. The van der Waals surface area contributed by atoms with Crippen molar-refractivity contribution in [2.75, 3.05) is 0 Å². The average molecular weight is 201 g/mol. The summed E-state index contributed by atoms with van der Waals surface area (Å²) < 4.78 is 0. The lowest BCUT2D eigenvalue weighted by Gasteiger charge is -2.19. The quantitative estimate of drug-likeness (QED) is 0.732. The molecule has 0 bridgehead atoms. The van der Waals surface area contributed by atoms with E-state index >= 15 is 0 Å². The number of hydrogen-bond donors (Lipinski definition) is 2. The predicted octanol–water partition coefficient (Wildman–Crippen LogP) is 2.58. The molecular formula is C10H13ClO2. The van der Waals surface area contributed by atoms with Gasteiger partial charge in [-0.15, -0.1) is 0 Å². The van der Waals surface area contributed by atoms with Gasteiger partial charge >= 0.3 is 0 Å². The molecule has 2 N–H and O–H groups in total. The van der Waals surface area contributed by atoms with Crippen molar-refractivity contribution < 1.29 is 10.2 Å². The van der Waals surface area contributed by atoms with Gasteiger partial charge in [0.15, 0.2) is 0 Å². The molecule has 0 radical (unpaired) electrons. The Kier molecular flexibility index (Phi) is 2.55. The summed E-state index contributed by atoms with van der Waals surface area (Å²) in [6.07, 6.45) is 0. The molecule has 0 spiro atoms. The van der Waals surface area contributed by atoms with Crippen molar-refractivity contribution >= 4 is 11.6 Å². The summed E-state index contributed by atoms with van der Waals surface area (Å²) in [6, 6.07) is 3.14. The molecule has 1 aromatic carbocycles. The summed E-state index contributed by atoms with van der Waals surface area (Å²) in [7, 11) is 0. The first kappa shape index (κ1) is 10.4. The zero-order valence-electron chi connectivity index (χ0n) is 7.93. The average Bonchev–Trinajstić information content (AvgIpc) is 1.94. The summed E-state index contributed by atoms with van der Waals surface area (Å²) >= 11 is 5.87. The maximum Gasteiger partial charge on any atom is 0.122 e. The summed E-state index contributed by atoms with van der Waals surface area (Å²) in [5.41, 5.74) is 0.178. The van der Waals surface area contributed by atoms with E-state index in [1.165, 1.54) is 0 Å². The van der Waals surface area contributed by atoms with Crippen molar-refractivity contribution in [3.8, 4) is 5.75 Å². The Morgan fingerprint density at radius 3 is 2.31 bits per heavy atom. The van der Waals surface area contributed by atoms with Crippen LogP contribution in [0.3, 0.4) is 0 Å². The molecule has 0 heterocycles. The minimum Gasteiger partial charge on any atom is -0.508 e. The minimum atomic E-state index is -1.07. The number of hydrogen-bond acceptors (Lipinski definition) is 2. The standard InChI is InChI=1S/C10H13ClO2/c1-6-4-9(12)7(5-8(6)11)10(2,3)13/h4-5,12-13H,1-3H3. The fraction of sp³-hybridized carbons (Fsp3) is 0.400. The first-order valence-electron chi connectivity index (χ1n) is 4.04. The first-order valence-corrected chi connectivity index (χ1v) is 4.42. The molecule has 0 unspecified atom stereocenters. The molecule has 0 saturated heterocycles. The lowest BCUT2D eigenvalue weighted by Crippen LogP contribution is -2.15. The van der Waals surface area contributed by atoms with Crippen LogP contribution in [0.4, 0.5) is 0 Å². The molecule has 0 aliphatic heterocycles. The lowest BCUT2D eigenvalue weighted by molar-refractivity contribution is 0.0758. The fourth-order valence-electron chi connectivity index (χ4n) is 1.16. The lowest BCUT2D eigenvalue weighted by atomic mass is 9.96. The number of phenols is 1. The van der Waals surface area contributed by atoms with E-state index in [0.717, 1.165) is 5.56 Å². The van der Waals surface area contributed by atoms with Gasteiger partial charge in [0.25, 0.3) is 0 Å². The molecule has 3 heteroatoms. The van der Waals surface area contributed by atoms with Gasteiger partial charge in [-0.05, 0) is 38.5 Å². The largest absolute Gasteiger partial charge is 0.508 e. The monoisotopic (exact) mass is 200 g/mol. The number of aryl methyl sites for hydroxylation is 1. The summed E-state index contributed by atoms with van der Waals surface area (Å²) in [5.74, 6) is 0.0781. The minimum absolute atomic E-state index is 0.0781. The van der Waals surface area contributed by atoms with E-state index in [0.29, 0.717) is 10.6 Å². The third-order valence-electron chi connectivity index (χ3n) is 1.94.